The van der Waals surface area contributed by atoms with Crippen LogP contribution in [0.25, 0.3) is 0 Å². The van der Waals surface area contributed by atoms with E-state index in [0.29, 0.717) is 6.61 Å². The molecule has 0 spiro atoms. The van der Waals surface area contributed by atoms with Gasteiger partial charge in [0.2, 0.25) is 0 Å². The van der Waals surface area contributed by atoms with Crippen molar-refractivity contribution in [1.29, 1.82) is 0 Å². The van der Waals surface area contributed by atoms with Gasteiger partial charge in [0.1, 0.15) is 0 Å². The number of ether oxygens (including phenoxy) is 1. The molecule has 1 fully saturated rings. The molecule has 0 aliphatic carbocycles. The summed E-state index contributed by atoms with van der Waals surface area (Å²) in [6, 6.07) is 0. The summed E-state index contributed by atoms with van der Waals surface area (Å²) in [4.78, 5) is 11.4. The molecule has 2 N–H and O–H groups in total. The third-order valence-electron chi connectivity index (χ3n) is 2.73. The van der Waals surface area contributed by atoms with E-state index in [1.807, 2.05) is 0 Å². The van der Waals surface area contributed by atoms with Crippen molar-refractivity contribution in [2.75, 3.05) is 19.7 Å². The van der Waals surface area contributed by atoms with Crippen molar-refractivity contribution in [3.8, 4) is 0 Å². The molecule has 0 aromatic heterocycles. The molecule has 1 amide bonds. The van der Waals surface area contributed by atoms with Crippen molar-refractivity contribution in [3.63, 3.8) is 0 Å². The third-order valence-corrected chi connectivity index (χ3v) is 2.73. The molecule has 1 saturated heterocycles. The fraction of sp³-hybridized carbons (Fsp3) is 0.909. The molecule has 0 unspecified atom stereocenters. The zero-order valence-electron chi connectivity index (χ0n) is 9.77. The lowest BCUT2D eigenvalue weighted by Gasteiger charge is -2.34. The van der Waals surface area contributed by atoms with E-state index in [1.165, 1.54) is 0 Å². The van der Waals surface area contributed by atoms with Crippen molar-refractivity contribution in [2.24, 2.45) is 0 Å². The Morgan fingerprint density at radius 3 is 3.00 bits per heavy atom. The Labute approximate surface area is 91.8 Å². The number of unbranched alkanes of at least 4 members (excludes halogenated alkanes) is 1. The second-order valence-corrected chi connectivity index (χ2v) is 4.46. The van der Waals surface area contributed by atoms with Crippen LogP contribution in [0.3, 0.4) is 0 Å². The van der Waals surface area contributed by atoms with Gasteiger partial charge in [0, 0.05) is 6.54 Å². The molecule has 15 heavy (non-hydrogen) atoms. The van der Waals surface area contributed by atoms with Gasteiger partial charge in [0.25, 0.3) is 0 Å². The standard InChI is InChI=1S/C11H22N2O2/c1-3-4-8-15-10(14)13-11(2)6-5-7-12-9-11/h12H,3-9H2,1-2H3,(H,13,14)/t11-/m1/s1. The van der Waals surface area contributed by atoms with Gasteiger partial charge in [-0.25, -0.2) is 4.79 Å². The number of amides is 1. The minimum atomic E-state index is -0.283. The lowest BCUT2D eigenvalue weighted by Crippen LogP contribution is -2.55. The van der Waals surface area contributed by atoms with Crippen LogP contribution in [0.4, 0.5) is 4.79 Å². The lowest BCUT2D eigenvalue weighted by molar-refractivity contribution is 0.128. The molecule has 1 heterocycles. The van der Waals surface area contributed by atoms with Crippen molar-refractivity contribution in [1.82, 2.24) is 10.6 Å². The summed E-state index contributed by atoms with van der Waals surface area (Å²) in [7, 11) is 0. The van der Waals surface area contributed by atoms with E-state index in [1.54, 1.807) is 0 Å². The van der Waals surface area contributed by atoms with E-state index in [-0.39, 0.29) is 11.6 Å². The van der Waals surface area contributed by atoms with Crippen molar-refractivity contribution >= 4 is 6.09 Å². The quantitative estimate of drug-likeness (QED) is 0.700. The Kier molecular flexibility index (Phi) is 4.88. The van der Waals surface area contributed by atoms with E-state index in [2.05, 4.69) is 24.5 Å². The van der Waals surface area contributed by atoms with E-state index in [9.17, 15) is 4.79 Å². The van der Waals surface area contributed by atoms with Gasteiger partial charge in [-0.1, -0.05) is 13.3 Å². The number of alkyl carbamates (subject to hydrolysis) is 1. The molecule has 4 heteroatoms. The molecule has 1 atom stereocenters. The van der Waals surface area contributed by atoms with Crippen molar-refractivity contribution in [2.45, 2.75) is 45.1 Å². The zero-order valence-corrected chi connectivity index (χ0v) is 9.77. The summed E-state index contributed by atoms with van der Waals surface area (Å²) in [5.41, 5.74) is -0.137. The monoisotopic (exact) mass is 214 g/mol. The molecule has 0 saturated carbocycles. The highest BCUT2D eigenvalue weighted by atomic mass is 16.5. The van der Waals surface area contributed by atoms with E-state index < -0.39 is 0 Å². The van der Waals surface area contributed by atoms with Crippen LogP contribution in [0.1, 0.15) is 39.5 Å². The third kappa shape index (κ3) is 4.51. The van der Waals surface area contributed by atoms with E-state index in [0.717, 1.165) is 38.8 Å². The normalized spacial score (nSPS) is 26.0. The Hall–Kier alpha value is -0.770. The summed E-state index contributed by atoms with van der Waals surface area (Å²) < 4.78 is 5.07. The molecule has 88 valence electrons. The minimum Gasteiger partial charge on any atom is -0.450 e. The fourth-order valence-corrected chi connectivity index (χ4v) is 1.75. The van der Waals surface area contributed by atoms with Crippen LogP contribution in [0.15, 0.2) is 0 Å². The van der Waals surface area contributed by atoms with Gasteiger partial charge in [0.05, 0.1) is 12.1 Å². The van der Waals surface area contributed by atoms with Crippen LogP contribution < -0.4 is 10.6 Å². The maximum Gasteiger partial charge on any atom is 0.407 e. The van der Waals surface area contributed by atoms with Crippen LogP contribution in [0.5, 0.6) is 0 Å². The smallest absolute Gasteiger partial charge is 0.407 e. The Morgan fingerprint density at radius 2 is 2.40 bits per heavy atom. The number of piperidine rings is 1. The molecule has 0 radical (unpaired) electrons. The van der Waals surface area contributed by atoms with Crippen LogP contribution in [-0.4, -0.2) is 31.3 Å². The van der Waals surface area contributed by atoms with Crippen LogP contribution in [0, 0.1) is 0 Å². The minimum absolute atomic E-state index is 0.137. The molecule has 0 bridgehead atoms. The number of carbonyl (C=O) groups excluding carboxylic acids is 1. The van der Waals surface area contributed by atoms with Crippen LogP contribution in [-0.2, 0) is 4.74 Å². The first-order valence-electron chi connectivity index (χ1n) is 5.82. The molecule has 1 rings (SSSR count). The lowest BCUT2D eigenvalue weighted by atomic mass is 9.93. The first-order valence-corrected chi connectivity index (χ1v) is 5.82. The van der Waals surface area contributed by atoms with Gasteiger partial charge in [-0.05, 0) is 32.7 Å². The topological polar surface area (TPSA) is 50.4 Å². The van der Waals surface area contributed by atoms with Gasteiger partial charge in [-0.2, -0.15) is 0 Å². The second-order valence-electron chi connectivity index (χ2n) is 4.46. The largest absolute Gasteiger partial charge is 0.450 e. The molecule has 0 aromatic rings. The summed E-state index contributed by atoms with van der Waals surface area (Å²) in [5.74, 6) is 0. The Balaban J connectivity index is 2.23. The van der Waals surface area contributed by atoms with Gasteiger partial charge in [-0.3, -0.25) is 0 Å². The van der Waals surface area contributed by atoms with Crippen molar-refractivity contribution < 1.29 is 9.53 Å². The predicted octanol–water partition coefficient (Wildman–Crippen LogP) is 1.65. The summed E-state index contributed by atoms with van der Waals surface area (Å²) in [5, 5.41) is 6.21. The highest BCUT2D eigenvalue weighted by Gasteiger charge is 2.28. The van der Waals surface area contributed by atoms with Gasteiger partial charge < -0.3 is 15.4 Å². The average Bonchev–Trinajstić information content (AvgIpc) is 2.18. The predicted molar refractivity (Wildman–Crippen MR) is 59.9 cm³/mol. The fourth-order valence-electron chi connectivity index (χ4n) is 1.75. The molecular formula is C11H22N2O2. The number of hydrogen-bond donors (Lipinski definition) is 2. The molecule has 1 aliphatic heterocycles. The highest BCUT2D eigenvalue weighted by molar-refractivity contribution is 5.68. The van der Waals surface area contributed by atoms with E-state index >= 15 is 0 Å². The second kappa shape index (κ2) is 5.95. The number of hydrogen-bond acceptors (Lipinski definition) is 3. The maximum absolute atomic E-state index is 11.4. The van der Waals surface area contributed by atoms with Crippen LogP contribution >= 0.6 is 0 Å². The van der Waals surface area contributed by atoms with Crippen LogP contribution in [0.2, 0.25) is 0 Å². The SMILES string of the molecule is CCCCOC(=O)N[C@]1(C)CCCNC1. The number of carbonyl (C=O) groups is 1. The number of rotatable bonds is 4. The molecule has 0 aromatic carbocycles. The first-order chi connectivity index (χ1) is 7.16. The number of nitrogens with one attached hydrogen (secondary N) is 2. The Bertz CT molecular complexity index is 201. The average molecular weight is 214 g/mol. The zero-order chi connectivity index (χ0) is 11.1. The van der Waals surface area contributed by atoms with E-state index in [4.69, 9.17) is 4.74 Å². The molecule has 4 nitrogen and oxygen atoms in total. The van der Waals surface area contributed by atoms with Gasteiger partial charge in [-0.15, -0.1) is 0 Å². The van der Waals surface area contributed by atoms with Gasteiger partial charge in [0.15, 0.2) is 0 Å². The summed E-state index contributed by atoms with van der Waals surface area (Å²) in [6.45, 7) is 6.53. The maximum atomic E-state index is 11.4. The first kappa shape index (κ1) is 12.3. The van der Waals surface area contributed by atoms with Crippen molar-refractivity contribution in [3.05, 3.63) is 0 Å². The summed E-state index contributed by atoms with van der Waals surface area (Å²) in [6.07, 6.45) is 3.82. The summed E-state index contributed by atoms with van der Waals surface area (Å²) >= 11 is 0. The molecular weight excluding hydrogens is 192 g/mol. The highest BCUT2D eigenvalue weighted by Crippen LogP contribution is 2.14. The molecule has 1 aliphatic rings. The van der Waals surface area contributed by atoms with Gasteiger partial charge >= 0.3 is 6.09 Å². The Morgan fingerprint density at radius 1 is 1.60 bits per heavy atom.